The second-order valence-corrected chi connectivity index (χ2v) is 8.00. The molecule has 0 spiro atoms. The second-order valence-electron chi connectivity index (χ2n) is 6.13. The van der Waals surface area contributed by atoms with Crippen molar-refractivity contribution in [2.45, 2.75) is 12.1 Å². The van der Waals surface area contributed by atoms with E-state index in [4.69, 9.17) is 9.15 Å². The number of thiophene rings is 1. The Morgan fingerprint density at radius 1 is 1.10 bits per heavy atom. The Kier molecular flexibility index (Phi) is 5.92. The average Bonchev–Trinajstić information content (AvgIpc) is 3.40. The van der Waals surface area contributed by atoms with Gasteiger partial charge in [-0.05, 0) is 60.3 Å². The van der Waals surface area contributed by atoms with Crippen LogP contribution in [-0.4, -0.2) is 21.9 Å². The number of carbonyl (C=O) groups excluding carboxylic acids is 1. The van der Waals surface area contributed by atoms with Crippen LogP contribution in [0.4, 0.5) is 5.69 Å². The Bertz CT molecular complexity index is 1090. The lowest BCUT2D eigenvalue weighted by molar-refractivity contribution is -0.113. The van der Waals surface area contributed by atoms with Crippen LogP contribution < -0.4 is 10.1 Å². The van der Waals surface area contributed by atoms with E-state index in [-0.39, 0.29) is 11.7 Å². The number of hydrogen-bond donors (Lipinski definition) is 1. The number of rotatable bonds is 7. The van der Waals surface area contributed by atoms with Crippen molar-refractivity contribution in [2.24, 2.45) is 0 Å². The number of amides is 1. The van der Waals surface area contributed by atoms with Gasteiger partial charge in [0.1, 0.15) is 11.5 Å². The first-order valence-corrected chi connectivity index (χ1v) is 10.7. The maximum atomic E-state index is 12.2. The fraction of sp³-hybridized carbons (Fsp3) is 0.0952. The number of hydrogen-bond acceptors (Lipinski definition) is 7. The number of benzene rings is 2. The molecule has 146 valence electrons. The molecule has 0 bridgehead atoms. The molecule has 2 aromatic carbocycles. The van der Waals surface area contributed by atoms with Crippen molar-refractivity contribution >= 4 is 34.7 Å². The Hall–Kier alpha value is -3.10. The molecule has 8 heteroatoms. The van der Waals surface area contributed by atoms with E-state index in [1.165, 1.54) is 23.1 Å². The van der Waals surface area contributed by atoms with E-state index >= 15 is 0 Å². The third-order valence-electron chi connectivity index (χ3n) is 3.83. The van der Waals surface area contributed by atoms with Gasteiger partial charge in [0.05, 0.1) is 10.6 Å². The fourth-order valence-corrected chi connectivity index (χ4v) is 3.72. The third-order valence-corrected chi connectivity index (χ3v) is 5.50. The molecule has 0 radical (unpaired) electrons. The van der Waals surface area contributed by atoms with Crippen molar-refractivity contribution in [3.63, 3.8) is 0 Å². The molecule has 0 aliphatic rings. The van der Waals surface area contributed by atoms with Gasteiger partial charge in [-0.3, -0.25) is 4.79 Å². The highest BCUT2D eigenvalue weighted by Gasteiger charge is 2.12. The van der Waals surface area contributed by atoms with Crippen molar-refractivity contribution in [3.05, 3.63) is 71.6 Å². The van der Waals surface area contributed by atoms with Crippen molar-refractivity contribution < 1.29 is 13.9 Å². The molecule has 4 aromatic rings. The molecule has 0 saturated heterocycles. The fourth-order valence-electron chi connectivity index (χ4n) is 2.51. The molecular weight excluding hydrogens is 406 g/mol. The summed E-state index contributed by atoms with van der Waals surface area (Å²) in [5, 5.41) is 13.1. The number of ether oxygens (including phenoxy) is 1. The minimum atomic E-state index is -0.154. The summed E-state index contributed by atoms with van der Waals surface area (Å²) in [6, 6.07) is 18.9. The predicted octanol–water partition coefficient (Wildman–Crippen LogP) is 5.63. The van der Waals surface area contributed by atoms with E-state index in [0.717, 1.165) is 16.2 Å². The van der Waals surface area contributed by atoms with Gasteiger partial charge in [0.15, 0.2) is 0 Å². The number of anilines is 1. The summed E-state index contributed by atoms with van der Waals surface area (Å²) in [5.74, 6) is 1.97. The first-order chi connectivity index (χ1) is 14.2. The summed E-state index contributed by atoms with van der Waals surface area (Å²) in [7, 11) is 0. The zero-order chi connectivity index (χ0) is 20.1. The van der Waals surface area contributed by atoms with Gasteiger partial charge in [-0.25, -0.2) is 0 Å². The van der Waals surface area contributed by atoms with Crippen molar-refractivity contribution in [3.8, 4) is 22.3 Å². The summed E-state index contributed by atoms with van der Waals surface area (Å²) in [6.45, 7) is 2.01. The first-order valence-electron chi connectivity index (χ1n) is 8.80. The largest absolute Gasteiger partial charge is 0.457 e. The second kappa shape index (κ2) is 8.93. The minimum absolute atomic E-state index is 0.154. The molecule has 0 saturated carbocycles. The van der Waals surface area contributed by atoms with Crippen LogP contribution in [0.15, 0.2) is 75.7 Å². The molecular formula is C21H17N3O3S2. The minimum Gasteiger partial charge on any atom is -0.457 e. The quantitative estimate of drug-likeness (QED) is 0.388. The van der Waals surface area contributed by atoms with E-state index in [1.807, 2.05) is 60.8 Å². The molecule has 29 heavy (non-hydrogen) atoms. The number of aryl methyl sites for hydroxylation is 1. The summed E-state index contributed by atoms with van der Waals surface area (Å²) in [6.07, 6.45) is 0. The summed E-state index contributed by atoms with van der Waals surface area (Å²) in [4.78, 5) is 13.1. The molecule has 2 aromatic heterocycles. The monoisotopic (exact) mass is 423 g/mol. The average molecular weight is 424 g/mol. The van der Waals surface area contributed by atoms with Gasteiger partial charge in [0, 0.05) is 5.69 Å². The third kappa shape index (κ3) is 5.24. The maximum absolute atomic E-state index is 12.2. The zero-order valence-corrected chi connectivity index (χ0v) is 17.1. The standard InChI is InChI=1S/C21H17N3O3S2/c1-14-4-2-5-17(12-14)26-16-9-7-15(8-10-16)22-19(25)13-29-21-24-23-20(27-21)18-6-3-11-28-18/h2-12H,13H2,1H3,(H,22,25). The number of carbonyl (C=O) groups is 1. The summed E-state index contributed by atoms with van der Waals surface area (Å²) in [5.41, 5.74) is 1.82. The first kappa shape index (κ1) is 19.2. The van der Waals surface area contributed by atoms with Gasteiger partial charge < -0.3 is 14.5 Å². The van der Waals surface area contributed by atoms with Gasteiger partial charge >= 0.3 is 0 Å². The van der Waals surface area contributed by atoms with Gasteiger partial charge in [-0.2, -0.15) is 0 Å². The molecule has 1 amide bonds. The number of nitrogens with zero attached hydrogens (tertiary/aromatic N) is 2. The van der Waals surface area contributed by atoms with Crippen LogP contribution in [0.3, 0.4) is 0 Å². The van der Waals surface area contributed by atoms with Crippen LogP contribution in [0.1, 0.15) is 5.56 Å². The van der Waals surface area contributed by atoms with Gasteiger partial charge in [-0.15, -0.1) is 21.5 Å². The highest BCUT2D eigenvalue weighted by atomic mass is 32.2. The van der Waals surface area contributed by atoms with Gasteiger partial charge in [0.2, 0.25) is 5.91 Å². The normalized spacial score (nSPS) is 10.7. The lowest BCUT2D eigenvalue weighted by Crippen LogP contribution is -2.13. The predicted molar refractivity (Wildman–Crippen MR) is 115 cm³/mol. The van der Waals surface area contributed by atoms with Crippen LogP contribution in [0.5, 0.6) is 11.5 Å². The topological polar surface area (TPSA) is 77.2 Å². The molecule has 0 aliphatic heterocycles. The zero-order valence-electron chi connectivity index (χ0n) is 15.5. The SMILES string of the molecule is Cc1cccc(Oc2ccc(NC(=O)CSc3nnc(-c4cccs4)o3)cc2)c1. The van der Waals surface area contributed by atoms with E-state index in [9.17, 15) is 4.79 Å². The van der Waals surface area contributed by atoms with Crippen LogP contribution in [0.2, 0.25) is 0 Å². The van der Waals surface area contributed by atoms with Crippen LogP contribution in [0.25, 0.3) is 10.8 Å². The Morgan fingerprint density at radius 2 is 1.97 bits per heavy atom. The summed E-state index contributed by atoms with van der Waals surface area (Å²) < 4.78 is 11.4. The van der Waals surface area contributed by atoms with Crippen molar-refractivity contribution in [2.75, 3.05) is 11.1 Å². The van der Waals surface area contributed by atoms with Crippen molar-refractivity contribution in [1.82, 2.24) is 10.2 Å². The Morgan fingerprint density at radius 3 is 2.72 bits per heavy atom. The lowest BCUT2D eigenvalue weighted by atomic mass is 10.2. The molecule has 0 aliphatic carbocycles. The maximum Gasteiger partial charge on any atom is 0.277 e. The van der Waals surface area contributed by atoms with E-state index in [0.29, 0.717) is 22.6 Å². The van der Waals surface area contributed by atoms with Crippen LogP contribution in [-0.2, 0) is 4.79 Å². The highest BCUT2D eigenvalue weighted by molar-refractivity contribution is 7.99. The van der Waals surface area contributed by atoms with E-state index in [2.05, 4.69) is 15.5 Å². The Labute approximate surface area is 175 Å². The van der Waals surface area contributed by atoms with Crippen molar-refractivity contribution in [1.29, 1.82) is 0 Å². The molecule has 2 heterocycles. The number of nitrogens with one attached hydrogen (secondary N) is 1. The molecule has 0 fully saturated rings. The lowest BCUT2D eigenvalue weighted by Gasteiger charge is -2.08. The molecule has 0 atom stereocenters. The smallest absolute Gasteiger partial charge is 0.277 e. The molecule has 4 rings (SSSR count). The molecule has 1 N–H and O–H groups in total. The van der Waals surface area contributed by atoms with Gasteiger partial charge in [0.25, 0.3) is 11.1 Å². The number of aromatic nitrogens is 2. The van der Waals surface area contributed by atoms with E-state index in [1.54, 1.807) is 12.1 Å². The molecule has 0 unspecified atom stereocenters. The van der Waals surface area contributed by atoms with Crippen LogP contribution >= 0.6 is 23.1 Å². The van der Waals surface area contributed by atoms with Gasteiger partial charge in [-0.1, -0.05) is 30.0 Å². The van der Waals surface area contributed by atoms with E-state index < -0.39 is 0 Å². The molecule has 6 nitrogen and oxygen atoms in total. The summed E-state index contributed by atoms with van der Waals surface area (Å²) >= 11 is 2.72. The number of thioether (sulfide) groups is 1. The van der Waals surface area contributed by atoms with Crippen LogP contribution in [0, 0.1) is 6.92 Å². The highest BCUT2D eigenvalue weighted by Crippen LogP contribution is 2.27. The Balaban J connectivity index is 1.28.